The summed E-state index contributed by atoms with van der Waals surface area (Å²) in [5.74, 6) is 2.03. The molecule has 1 heterocycles. The van der Waals surface area contributed by atoms with E-state index in [0.29, 0.717) is 5.41 Å². The zero-order chi connectivity index (χ0) is 11.8. The van der Waals surface area contributed by atoms with Gasteiger partial charge in [0.15, 0.2) is 0 Å². The molecule has 1 saturated carbocycles. The molecule has 3 nitrogen and oxygen atoms in total. The third-order valence-corrected chi connectivity index (χ3v) is 3.02. The van der Waals surface area contributed by atoms with Crippen molar-refractivity contribution >= 4 is 0 Å². The molecule has 0 spiro atoms. The number of hydrogen-bond acceptors (Lipinski definition) is 3. The summed E-state index contributed by atoms with van der Waals surface area (Å²) < 4.78 is 0. The molecule has 2 rings (SSSR count). The van der Waals surface area contributed by atoms with E-state index in [0.717, 1.165) is 26.1 Å². The number of rotatable bonds is 0. The van der Waals surface area contributed by atoms with Crippen molar-refractivity contribution in [2.45, 2.75) is 27.7 Å². The summed E-state index contributed by atoms with van der Waals surface area (Å²) in [7, 11) is 2.00. The van der Waals surface area contributed by atoms with Crippen LogP contribution in [0.2, 0.25) is 0 Å². The van der Waals surface area contributed by atoms with Crippen LogP contribution >= 0.6 is 0 Å². The Morgan fingerprint density at radius 1 is 0.933 bits per heavy atom. The van der Waals surface area contributed by atoms with Gasteiger partial charge in [0, 0.05) is 45.3 Å². The Kier molecular flexibility index (Phi) is 16.2. The molecule has 2 aliphatic rings. The van der Waals surface area contributed by atoms with Crippen molar-refractivity contribution in [3.05, 3.63) is 0 Å². The number of aliphatic hydroxyl groups is 2. The molecule has 0 aromatic rings. The monoisotopic (exact) mass is 443 g/mol. The van der Waals surface area contributed by atoms with Gasteiger partial charge in [-0.05, 0) is 30.3 Å². The first kappa shape index (κ1) is 21.2. The summed E-state index contributed by atoms with van der Waals surface area (Å²) in [6.07, 6.45) is 0. The Balaban J connectivity index is -0.000000182. The molecule has 2 fully saturated rings. The van der Waals surface area contributed by atoms with Gasteiger partial charge in [-0.25, -0.2) is 0 Å². The predicted molar refractivity (Wildman–Crippen MR) is 61.3 cm³/mol. The molecule has 0 aromatic carbocycles. The van der Waals surface area contributed by atoms with Crippen LogP contribution in [-0.2, 0) is 0 Å². The number of piperidine rings is 1. The molecule has 0 amide bonds. The summed E-state index contributed by atoms with van der Waals surface area (Å²) >= 11 is 0. The maximum absolute atomic E-state index is 7.00. The first-order chi connectivity index (χ1) is 6.73. The van der Waals surface area contributed by atoms with Crippen LogP contribution in [0.4, 0.5) is 0 Å². The van der Waals surface area contributed by atoms with Crippen LogP contribution in [0, 0.1) is 48.4 Å². The third-order valence-electron chi connectivity index (χ3n) is 3.02. The van der Waals surface area contributed by atoms with Crippen molar-refractivity contribution in [1.82, 2.24) is 5.32 Å². The minimum absolute atomic E-state index is 0. The number of fused-ring (bicyclic) bond motifs is 1. The van der Waals surface area contributed by atoms with E-state index < -0.39 is 0 Å². The van der Waals surface area contributed by atoms with Crippen LogP contribution in [0.5, 0.6) is 0 Å². The van der Waals surface area contributed by atoms with Crippen molar-refractivity contribution in [2.75, 3.05) is 27.3 Å². The first-order valence-corrected chi connectivity index (χ1v) is 5.33. The molecular formula is C11H27NO2U. The van der Waals surface area contributed by atoms with Crippen LogP contribution in [0.1, 0.15) is 27.7 Å². The van der Waals surface area contributed by atoms with Gasteiger partial charge in [-0.15, -0.1) is 0 Å². The van der Waals surface area contributed by atoms with E-state index in [1.165, 1.54) is 13.1 Å². The smallest absolute Gasteiger partial charge is 0.0319 e. The van der Waals surface area contributed by atoms with Gasteiger partial charge in [-0.3, -0.25) is 0 Å². The normalized spacial score (nSPS) is 27.2. The Labute approximate surface area is 118 Å². The maximum Gasteiger partial charge on any atom is 0.0319 e. The van der Waals surface area contributed by atoms with Crippen molar-refractivity contribution in [2.24, 2.45) is 17.3 Å². The number of hydrogen-bond donors (Lipinski definition) is 3. The molecule has 4 heteroatoms. The molecule has 3 N–H and O–H groups in total. The van der Waals surface area contributed by atoms with Crippen LogP contribution in [0.3, 0.4) is 0 Å². The van der Waals surface area contributed by atoms with E-state index in [1.807, 2.05) is 13.8 Å². The SMILES string of the molecule is CC.CC1(C)C2CNCC21.CO.CO.[U]. The van der Waals surface area contributed by atoms with Gasteiger partial charge in [0.05, 0.1) is 0 Å². The van der Waals surface area contributed by atoms with Gasteiger partial charge in [0.25, 0.3) is 0 Å². The fraction of sp³-hybridized carbons (Fsp3) is 1.00. The minimum Gasteiger partial charge on any atom is -0.400 e. The van der Waals surface area contributed by atoms with Crippen molar-refractivity contribution < 1.29 is 41.3 Å². The fourth-order valence-corrected chi connectivity index (χ4v) is 2.06. The number of aliphatic hydroxyl groups excluding tert-OH is 2. The van der Waals surface area contributed by atoms with Crippen LogP contribution in [-0.4, -0.2) is 37.5 Å². The minimum atomic E-state index is 0. The second-order valence-electron chi connectivity index (χ2n) is 3.69. The second kappa shape index (κ2) is 11.4. The summed E-state index contributed by atoms with van der Waals surface area (Å²) in [5.41, 5.74) is 0.700. The second-order valence-corrected chi connectivity index (χ2v) is 3.69. The zero-order valence-corrected chi connectivity index (χ0v) is 15.1. The first-order valence-electron chi connectivity index (χ1n) is 5.33. The van der Waals surface area contributed by atoms with Gasteiger partial charge < -0.3 is 15.5 Å². The average Bonchev–Trinajstić information content (AvgIpc) is 2.71. The summed E-state index contributed by atoms with van der Waals surface area (Å²) in [6.45, 7) is 11.3. The van der Waals surface area contributed by atoms with E-state index in [9.17, 15) is 0 Å². The summed E-state index contributed by atoms with van der Waals surface area (Å²) in [5, 5.41) is 17.4. The van der Waals surface area contributed by atoms with Crippen molar-refractivity contribution in [3.8, 4) is 0 Å². The Morgan fingerprint density at radius 3 is 1.33 bits per heavy atom. The van der Waals surface area contributed by atoms with Crippen molar-refractivity contribution in [1.29, 1.82) is 0 Å². The maximum atomic E-state index is 7.00. The topological polar surface area (TPSA) is 52.5 Å². The van der Waals surface area contributed by atoms with Gasteiger partial charge >= 0.3 is 0 Å². The van der Waals surface area contributed by atoms with Gasteiger partial charge in [0.1, 0.15) is 0 Å². The standard InChI is InChI=1S/C7H13N.C2H6.2CH4O.U/c1-7(2)5-3-8-4-6(5)7;3*1-2;/h5-6,8H,3-4H2,1-2H3;1-2H3;2*2H,1H3;. The van der Waals surface area contributed by atoms with Crippen LogP contribution in [0.25, 0.3) is 0 Å². The Bertz CT molecular complexity index is 120. The molecule has 0 aromatic heterocycles. The molecule has 15 heavy (non-hydrogen) atoms. The van der Waals surface area contributed by atoms with Crippen LogP contribution < -0.4 is 5.32 Å². The van der Waals surface area contributed by atoms with E-state index in [1.54, 1.807) is 0 Å². The molecule has 92 valence electrons. The molecule has 0 radical (unpaired) electrons. The van der Waals surface area contributed by atoms with Gasteiger partial charge in [-0.2, -0.15) is 0 Å². The van der Waals surface area contributed by atoms with E-state index in [4.69, 9.17) is 10.2 Å². The predicted octanol–water partition coefficient (Wildman–Crippen LogP) is 1.10. The molecular weight excluding hydrogens is 416 g/mol. The van der Waals surface area contributed by atoms with E-state index >= 15 is 0 Å². The molecule has 1 saturated heterocycles. The third kappa shape index (κ3) is 5.70. The summed E-state index contributed by atoms with van der Waals surface area (Å²) in [6, 6.07) is 0. The largest absolute Gasteiger partial charge is 0.400 e. The van der Waals surface area contributed by atoms with Crippen molar-refractivity contribution in [3.63, 3.8) is 0 Å². The molecule has 2 atom stereocenters. The molecule has 1 aliphatic heterocycles. The quantitative estimate of drug-likeness (QED) is 0.526. The van der Waals surface area contributed by atoms with E-state index in [-0.39, 0.29) is 31.1 Å². The molecule has 2 unspecified atom stereocenters. The van der Waals surface area contributed by atoms with Gasteiger partial charge in [0.2, 0.25) is 0 Å². The zero-order valence-electron chi connectivity index (χ0n) is 11.0. The Morgan fingerprint density at radius 2 is 1.20 bits per heavy atom. The summed E-state index contributed by atoms with van der Waals surface area (Å²) in [4.78, 5) is 0. The average molecular weight is 443 g/mol. The Hall–Kier alpha value is 0.932. The van der Waals surface area contributed by atoms with E-state index in [2.05, 4.69) is 19.2 Å². The van der Waals surface area contributed by atoms with Crippen LogP contribution in [0.15, 0.2) is 0 Å². The van der Waals surface area contributed by atoms with Gasteiger partial charge in [-0.1, -0.05) is 27.7 Å². The fourth-order valence-electron chi connectivity index (χ4n) is 2.06. The molecule has 0 bridgehead atoms. The molecule has 1 aliphatic carbocycles. The number of nitrogens with one attached hydrogen (secondary N) is 1.